The Morgan fingerprint density at radius 3 is 2.83 bits per heavy atom. The van der Waals surface area contributed by atoms with E-state index in [1.165, 1.54) is 12.8 Å². The van der Waals surface area contributed by atoms with Gasteiger partial charge in [-0.25, -0.2) is 9.67 Å². The fourth-order valence-corrected chi connectivity index (χ4v) is 4.48. The fraction of sp³-hybridized carbons (Fsp3) is 0.429. The van der Waals surface area contributed by atoms with Crippen molar-refractivity contribution in [3.8, 4) is 5.75 Å². The van der Waals surface area contributed by atoms with Crippen LogP contribution in [-0.2, 0) is 11.3 Å². The summed E-state index contributed by atoms with van der Waals surface area (Å²) in [5.74, 6) is 2.36. The number of nitrogens with zero attached hydrogens (tertiary/aromatic N) is 3. The zero-order valence-corrected chi connectivity index (χ0v) is 18.8. The number of aliphatic imine (C=N–C) groups is 1. The van der Waals surface area contributed by atoms with Crippen LogP contribution in [-0.4, -0.2) is 47.6 Å². The van der Waals surface area contributed by atoms with E-state index in [0.717, 1.165) is 50.6 Å². The summed E-state index contributed by atoms with van der Waals surface area (Å²) in [5, 5.41) is 12.9. The normalized spacial score (nSPS) is 20.3. The molecule has 3 heterocycles. The third kappa shape index (κ3) is 3.26. The highest BCUT2D eigenvalue weighted by molar-refractivity contribution is 9.10. The van der Waals surface area contributed by atoms with Crippen LogP contribution in [0.1, 0.15) is 36.9 Å². The molecule has 1 saturated carbocycles. The molecule has 2 aliphatic rings. The molecule has 0 bridgehead atoms. The molecule has 158 valence electrons. The van der Waals surface area contributed by atoms with Crippen LogP contribution < -0.4 is 15.4 Å². The summed E-state index contributed by atoms with van der Waals surface area (Å²) in [6.07, 6.45) is 4.33. The van der Waals surface area contributed by atoms with Crippen molar-refractivity contribution in [3.05, 3.63) is 33.9 Å². The first-order valence-electron chi connectivity index (χ1n) is 10.1. The molecule has 1 aromatic carbocycles. The summed E-state index contributed by atoms with van der Waals surface area (Å²) < 4.78 is 13.9. The van der Waals surface area contributed by atoms with Gasteiger partial charge in [-0.15, -0.1) is 0 Å². The van der Waals surface area contributed by atoms with Gasteiger partial charge in [0.2, 0.25) is 5.79 Å². The van der Waals surface area contributed by atoms with Crippen molar-refractivity contribution in [1.29, 1.82) is 0 Å². The Kier molecular flexibility index (Phi) is 4.74. The Morgan fingerprint density at radius 1 is 1.30 bits per heavy atom. The van der Waals surface area contributed by atoms with E-state index in [9.17, 15) is 0 Å². The number of hydrogen-bond donors (Lipinski definition) is 3. The van der Waals surface area contributed by atoms with E-state index >= 15 is 0 Å². The molecular weight excluding hydrogens is 448 g/mol. The summed E-state index contributed by atoms with van der Waals surface area (Å²) in [6, 6.07) is 6.16. The van der Waals surface area contributed by atoms with E-state index in [1.807, 2.05) is 23.0 Å². The highest BCUT2D eigenvalue weighted by Gasteiger charge is 2.36. The number of anilines is 2. The number of fused-ring (bicyclic) bond motifs is 3. The predicted molar refractivity (Wildman–Crippen MR) is 122 cm³/mol. The van der Waals surface area contributed by atoms with Crippen LogP contribution in [0.2, 0.25) is 0 Å². The number of aryl methyl sites for hydroxylation is 1. The van der Waals surface area contributed by atoms with Gasteiger partial charge in [0.1, 0.15) is 24.0 Å². The number of H-pyrrole nitrogens is 1. The molecule has 1 fully saturated rings. The zero-order chi connectivity index (χ0) is 20.9. The number of nitrogens with one attached hydrogen (secondary N) is 3. The second-order valence-electron chi connectivity index (χ2n) is 7.79. The number of methoxy groups -OCH3 is 2. The van der Waals surface area contributed by atoms with Gasteiger partial charge >= 0.3 is 0 Å². The Morgan fingerprint density at radius 2 is 2.13 bits per heavy atom. The molecule has 30 heavy (non-hydrogen) atoms. The molecule has 0 spiro atoms. The highest BCUT2D eigenvalue weighted by atomic mass is 79.9. The number of ether oxygens (including phenoxy) is 2. The lowest BCUT2D eigenvalue weighted by Gasteiger charge is -2.34. The first-order valence-corrected chi connectivity index (χ1v) is 10.9. The van der Waals surface area contributed by atoms with Gasteiger partial charge in [-0.2, -0.15) is 5.10 Å². The van der Waals surface area contributed by atoms with E-state index in [1.54, 1.807) is 14.2 Å². The summed E-state index contributed by atoms with van der Waals surface area (Å²) in [7, 11) is 3.34. The van der Waals surface area contributed by atoms with Gasteiger partial charge in [-0.05, 0) is 47.8 Å². The number of benzene rings is 1. The number of hydrogen-bond acceptors (Lipinski definition) is 6. The van der Waals surface area contributed by atoms with Gasteiger partial charge < -0.3 is 25.1 Å². The summed E-state index contributed by atoms with van der Waals surface area (Å²) in [5.41, 5.74) is 3.14. The molecule has 0 saturated heterocycles. The van der Waals surface area contributed by atoms with Gasteiger partial charge in [-0.3, -0.25) is 0 Å². The average molecular weight is 473 g/mol. The largest absolute Gasteiger partial charge is 0.496 e. The van der Waals surface area contributed by atoms with Crippen molar-refractivity contribution in [2.45, 2.75) is 38.0 Å². The summed E-state index contributed by atoms with van der Waals surface area (Å²) in [4.78, 5) is 8.31. The van der Waals surface area contributed by atoms with Gasteiger partial charge in [0.05, 0.1) is 17.3 Å². The molecule has 8 nitrogen and oxygen atoms in total. The van der Waals surface area contributed by atoms with Gasteiger partial charge in [0, 0.05) is 48.3 Å². The monoisotopic (exact) mass is 472 g/mol. The first kappa shape index (κ1) is 19.4. The van der Waals surface area contributed by atoms with Crippen LogP contribution in [0.4, 0.5) is 11.6 Å². The van der Waals surface area contributed by atoms with Crippen molar-refractivity contribution in [2.24, 2.45) is 4.99 Å². The van der Waals surface area contributed by atoms with Crippen molar-refractivity contribution < 1.29 is 9.47 Å². The van der Waals surface area contributed by atoms with Crippen molar-refractivity contribution in [2.75, 3.05) is 31.5 Å². The maximum Gasteiger partial charge on any atom is 0.231 e. The van der Waals surface area contributed by atoms with Gasteiger partial charge in [0.25, 0.3) is 0 Å². The van der Waals surface area contributed by atoms with Crippen molar-refractivity contribution in [1.82, 2.24) is 14.8 Å². The molecular formula is C21H25BrN6O2. The maximum atomic E-state index is 5.53. The minimum absolute atomic E-state index is 0.346. The molecule has 9 heteroatoms. The van der Waals surface area contributed by atoms with Crippen LogP contribution >= 0.6 is 15.9 Å². The quantitative estimate of drug-likeness (QED) is 0.477. The van der Waals surface area contributed by atoms with Crippen LogP contribution in [0.3, 0.4) is 0 Å². The molecule has 1 aliphatic carbocycles. The zero-order valence-electron chi connectivity index (χ0n) is 17.3. The molecule has 3 aromatic rings. The lowest BCUT2D eigenvalue weighted by molar-refractivity contribution is 0.157. The molecule has 1 atom stereocenters. The maximum absolute atomic E-state index is 5.53. The molecule has 2 aromatic heterocycles. The van der Waals surface area contributed by atoms with Crippen LogP contribution in [0.5, 0.6) is 5.75 Å². The SMILES string of the molecule is CCn1nc(C2CC2)cc1NC1(COC)N=Cc2c([nH]c3cc(Br)c(OC)cc23)N1. The van der Waals surface area contributed by atoms with E-state index in [2.05, 4.69) is 44.5 Å². The van der Waals surface area contributed by atoms with E-state index in [0.29, 0.717) is 12.5 Å². The second kappa shape index (κ2) is 7.31. The smallest absolute Gasteiger partial charge is 0.231 e. The highest BCUT2D eigenvalue weighted by Crippen LogP contribution is 2.41. The molecule has 5 rings (SSSR count). The van der Waals surface area contributed by atoms with Crippen LogP contribution in [0.15, 0.2) is 27.7 Å². The molecule has 1 aliphatic heterocycles. The fourth-order valence-electron chi connectivity index (χ4n) is 3.97. The molecule has 3 N–H and O–H groups in total. The molecule has 1 unspecified atom stereocenters. The van der Waals surface area contributed by atoms with Gasteiger partial charge in [-0.1, -0.05) is 0 Å². The van der Waals surface area contributed by atoms with E-state index < -0.39 is 5.79 Å². The van der Waals surface area contributed by atoms with E-state index in [4.69, 9.17) is 19.6 Å². The predicted octanol–water partition coefficient (Wildman–Crippen LogP) is 4.29. The Hall–Kier alpha value is -2.52. The molecule has 0 radical (unpaired) electrons. The number of aromatic amines is 1. The number of aromatic nitrogens is 3. The van der Waals surface area contributed by atoms with E-state index in [-0.39, 0.29) is 0 Å². The second-order valence-corrected chi connectivity index (χ2v) is 8.65. The number of halogens is 1. The Balaban J connectivity index is 1.52. The summed E-state index contributed by atoms with van der Waals surface area (Å²) >= 11 is 3.56. The third-order valence-corrected chi connectivity index (χ3v) is 6.26. The Labute approximate surface area is 183 Å². The van der Waals surface area contributed by atoms with Gasteiger partial charge in [0.15, 0.2) is 0 Å². The van der Waals surface area contributed by atoms with Crippen molar-refractivity contribution >= 4 is 44.7 Å². The van der Waals surface area contributed by atoms with Crippen LogP contribution in [0.25, 0.3) is 10.9 Å². The third-order valence-electron chi connectivity index (χ3n) is 5.64. The average Bonchev–Trinajstić information content (AvgIpc) is 3.42. The molecule has 0 amide bonds. The topological polar surface area (TPSA) is 88.5 Å². The lowest BCUT2D eigenvalue weighted by Crippen LogP contribution is -2.50. The number of rotatable bonds is 7. The van der Waals surface area contributed by atoms with Crippen molar-refractivity contribution in [3.63, 3.8) is 0 Å². The Bertz CT molecular complexity index is 1130. The minimum Gasteiger partial charge on any atom is -0.496 e. The standard InChI is InChI=1S/C21H25BrN6O2/c1-4-28-19(9-16(27-28)12-5-6-12)25-21(11-29-2)23-10-14-13-7-18(30-3)15(22)8-17(13)24-20(14)26-21/h7-10,12,24-26H,4-6,11H2,1-3H3. The van der Waals surface area contributed by atoms with Crippen LogP contribution in [0, 0.1) is 0 Å². The summed E-state index contributed by atoms with van der Waals surface area (Å²) in [6.45, 7) is 3.22. The lowest BCUT2D eigenvalue weighted by atomic mass is 10.1. The minimum atomic E-state index is -0.836. The first-order chi connectivity index (χ1) is 14.6.